The highest BCUT2D eigenvalue weighted by atomic mass is 79.9. The third kappa shape index (κ3) is 8.38. The largest absolute Gasteiger partial charge is 0.493 e. The van der Waals surface area contributed by atoms with Gasteiger partial charge in [-0.2, -0.15) is 0 Å². The van der Waals surface area contributed by atoms with Gasteiger partial charge in [0.2, 0.25) is 5.75 Å². The van der Waals surface area contributed by atoms with E-state index in [1.54, 1.807) is 12.1 Å². The van der Waals surface area contributed by atoms with Gasteiger partial charge in [-0.1, -0.05) is 76.6 Å². The van der Waals surface area contributed by atoms with Crippen LogP contribution in [0.1, 0.15) is 26.3 Å². The summed E-state index contributed by atoms with van der Waals surface area (Å²) < 4.78 is 22.7. The average Bonchev–Trinajstić information content (AvgIpc) is 3.12. The third-order valence-electron chi connectivity index (χ3n) is 7.57. The van der Waals surface area contributed by atoms with E-state index in [9.17, 15) is 19.5 Å². The SMILES string of the molecule is COc1cc(C(=O)Nc2ccc(Br)cc2C(=O)N[C@@H](Cc2ccc(-c3ccccc3Oc3ccccc3)cc2)C(=O)O)cc(OC)c1OC. The van der Waals surface area contributed by atoms with Crippen molar-refractivity contribution >= 4 is 39.4 Å². The molecule has 0 heterocycles. The Morgan fingerprint density at radius 3 is 2.02 bits per heavy atom. The molecule has 5 aromatic rings. The van der Waals surface area contributed by atoms with Crippen LogP contribution in [0.25, 0.3) is 11.1 Å². The Labute approximate surface area is 291 Å². The van der Waals surface area contributed by atoms with Gasteiger partial charge >= 0.3 is 5.97 Å². The predicted molar refractivity (Wildman–Crippen MR) is 189 cm³/mol. The highest BCUT2D eigenvalue weighted by molar-refractivity contribution is 9.10. The first kappa shape index (κ1) is 34.5. The van der Waals surface area contributed by atoms with Crippen molar-refractivity contribution in [1.82, 2.24) is 5.32 Å². The number of hydrogen-bond donors (Lipinski definition) is 3. The van der Waals surface area contributed by atoms with Crippen LogP contribution >= 0.6 is 15.9 Å². The van der Waals surface area contributed by atoms with Crippen LogP contribution in [0.2, 0.25) is 0 Å². The van der Waals surface area contributed by atoms with Crippen molar-refractivity contribution in [3.8, 4) is 39.9 Å². The van der Waals surface area contributed by atoms with Gasteiger partial charge in [0.05, 0.1) is 32.6 Å². The molecule has 0 aliphatic carbocycles. The average molecular weight is 726 g/mol. The number of carbonyl (C=O) groups excluding carboxylic acids is 2. The first-order valence-electron chi connectivity index (χ1n) is 15.1. The van der Waals surface area contributed by atoms with Crippen LogP contribution in [-0.2, 0) is 11.2 Å². The molecule has 5 aromatic carbocycles. The lowest BCUT2D eigenvalue weighted by Crippen LogP contribution is -2.42. The van der Waals surface area contributed by atoms with Crippen molar-refractivity contribution in [2.75, 3.05) is 26.6 Å². The summed E-state index contributed by atoms with van der Waals surface area (Å²) in [5.74, 6) is -0.178. The number of anilines is 1. The number of carbonyl (C=O) groups is 3. The summed E-state index contributed by atoms with van der Waals surface area (Å²) in [7, 11) is 4.32. The van der Waals surface area contributed by atoms with E-state index in [0.717, 1.165) is 11.1 Å². The number of hydrogen-bond acceptors (Lipinski definition) is 7. The Hall–Kier alpha value is -5.81. The van der Waals surface area contributed by atoms with Crippen molar-refractivity contribution < 1.29 is 38.4 Å². The number of aliphatic carboxylic acids is 1. The van der Waals surface area contributed by atoms with Gasteiger partial charge in [0.25, 0.3) is 11.8 Å². The number of halogens is 1. The summed E-state index contributed by atoms with van der Waals surface area (Å²) in [6.07, 6.45) is 0.0185. The fraction of sp³-hybridized carbons (Fsp3) is 0.132. The smallest absolute Gasteiger partial charge is 0.326 e. The van der Waals surface area contributed by atoms with Crippen LogP contribution in [0.4, 0.5) is 5.69 Å². The van der Waals surface area contributed by atoms with Gasteiger partial charge in [-0.3, -0.25) is 9.59 Å². The Balaban J connectivity index is 1.32. The summed E-state index contributed by atoms with van der Waals surface area (Å²) in [6, 6.07) is 30.9. The number of ether oxygens (including phenoxy) is 4. The molecule has 0 unspecified atom stereocenters. The number of nitrogens with one attached hydrogen (secondary N) is 2. The number of amides is 2. The Morgan fingerprint density at radius 2 is 1.39 bits per heavy atom. The Bertz CT molecular complexity index is 1940. The molecule has 250 valence electrons. The molecular formula is C38H33BrN2O8. The fourth-order valence-corrected chi connectivity index (χ4v) is 5.48. The standard InChI is InChI=1S/C38H33BrN2O8/c1-46-33-20-25(21-34(47-2)35(33)48-3)36(42)40-30-18-17-26(39)22-29(30)37(43)41-31(38(44)45)19-23-13-15-24(16-14-23)28-11-7-8-12-32(28)49-27-9-5-4-6-10-27/h4-18,20-22,31H,19H2,1-3H3,(H,40,42)(H,41,43)(H,44,45)/t31-/m0/s1. The van der Waals surface area contributed by atoms with E-state index in [4.69, 9.17) is 18.9 Å². The van der Waals surface area contributed by atoms with E-state index in [1.807, 2.05) is 78.9 Å². The van der Waals surface area contributed by atoms with Gasteiger partial charge in [0.1, 0.15) is 17.5 Å². The number of rotatable bonds is 13. The lowest BCUT2D eigenvalue weighted by atomic mass is 9.99. The van der Waals surface area contributed by atoms with Crippen LogP contribution in [-0.4, -0.2) is 50.3 Å². The summed E-state index contributed by atoms with van der Waals surface area (Å²) in [5, 5.41) is 15.4. The van der Waals surface area contributed by atoms with Crippen LogP contribution < -0.4 is 29.6 Å². The van der Waals surface area contributed by atoms with E-state index >= 15 is 0 Å². The van der Waals surface area contributed by atoms with Gasteiger partial charge in [-0.15, -0.1) is 0 Å². The zero-order valence-corrected chi connectivity index (χ0v) is 28.4. The molecule has 0 radical (unpaired) electrons. The topological polar surface area (TPSA) is 132 Å². The van der Waals surface area contributed by atoms with Crippen LogP contribution in [0.3, 0.4) is 0 Å². The number of carboxylic acid groups (broad SMARTS) is 1. The van der Waals surface area contributed by atoms with Gasteiger partial charge in [-0.05, 0) is 59.7 Å². The first-order chi connectivity index (χ1) is 23.7. The van der Waals surface area contributed by atoms with Gasteiger partial charge in [-0.25, -0.2) is 4.79 Å². The van der Waals surface area contributed by atoms with E-state index in [2.05, 4.69) is 26.6 Å². The molecule has 3 N–H and O–H groups in total. The van der Waals surface area contributed by atoms with E-state index in [0.29, 0.717) is 27.3 Å². The molecule has 0 fully saturated rings. The molecular weight excluding hydrogens is 692 g/mol. The van der Waals surface area contributed by atoms with Crippen molar-refractivity contribution in [2.45, 2.75) is 12.5 Å². The molecule has 49 heavy (non-hydrogen) atoms. The van der Waals surface area contributed by atoms with Gasteiger partial charge < -0.3 is 34.7 Å². The number of carboxylic acids is 1. The summed E-state index contributed by atoms with van der Waals surface area (Å²) in [5.41, 5.74) is 2.87. The second kappa shape index (κ2) is 15.9. The van der Waals surface area contributed by atoms with Crippen LogP contribution in [0.5, 0.6) is 28.7 Å². The molecule has 1 atom stereocenters. The van der Waals surface area contributed by atoms with Crippen molar-refractivity contribution in [3.63, 3.8) is 0 Å². The van der Waals surface area contributed by atoms with Crippen molar-refractivity contribution in [1.29, 1.82) is 0 Å². The maximum atomic E-state index is 13.5. The summed E-state index contributed by atoms with van der Waals surface area (Å²) in [6.45, 7) is 0. The van der Waals surface area contributed by atoms with Gasteiger partial charge in [0.15, 0.2) is 11.5 Å². The molecule has 11 heteroatoms. The molecule has 0 spiro atoms. The second-order valence-corrected chi connectivity index (χ2v) is 11.7. The molecule has 0 saturated heterocycles. The molecule has 0 aromatic heterocycles. The number of para-hydroxylation sites is 2. The third-order valence-corrected chi connectivity index (χ3v) is 8.06. The molecule has 0 saturated carbocycles. The molecule has 0 aliphatic heterocycles. The van der Waals surface area contributed by atoms with Crippen LogP contribution in [0.15, 0.2) is 114 Å². The minimum absolute atomic E-state index is 0.0185. The lowest BCUT2D eigenvalue weighted by Gasteiger charge is -2.18. The molecule has 0 bridgehead atoms. The monoisotopic (exact) mass is 724 g/mol. The highest BCUT2D eigenvalue weighted by Gasteiger charge is 2.24. The first-order valence-corrected chi connectivity index (χ1v) is 15.9. The minimum atomic E-state index is -1.26. The Morgan fingerprint density at radius 1 is 0.735 bits per heavy atom. The highest BCUT2D eigenvalue weighted by Crippen LogP contribution is 2.38. The van der Waals surface area contributed by atoms with E-state index in [1.165, 1.54) is 39.5 Å². The van der Waals surface area contributed by atoms with Crippen molar-refractivity contribution in [2.24, 2.45) is 0 Å². The second-order valence-electron chi connectivity index (χ2n) is 10.7. The van der Waals surface area contributed by atoms with Crippen molar-refractivity contribution in [3.05, 3.63) is 130 Å². The Kier molecular flexibility index (Phi) is 11.2. The predicted octanol–water partition coefficient (Wildman–Crippen LogP) is 7.61. The fourth-order valence-electron chi connectivity index (χ4n) is 5.12. The lowest BCUT2D eigenvalue weighted by molar-refractivity contribution is -0.139. The molecule has 10 nitrogen and oxygen atoms in total. The molecule has 2 amide bonds. The molecule has 5 rings (SSSR count). The maximum Gasteiger partial charge on any atom is 0.326 e. The number of methoxy groups -OCH3 is 3. The normalized spacial score (nSPS) is 11.2. The summed E-state index contributed by atoms with van der Waals surface area (Å²) >= 11 is 3.36. The van der Waals surface area contributed by atoms with Gasteiger partial charge in [0, 0.05) is 22.0 Å². The number of benzene rings is 5. The minimum Gasteiger partial charge on any atom is -0.493 e. The zero-order valence-electron chi connectivity index (χ0n) is 26.9. The maximum absolute atomic E-state index is 13.5. The van der Waals surface area contributed by atoms with E-state index in [-0.39, 0.29) is 34.7 Å². The van der Waals surface area contributed by atoms with E-state index < -0.39 is 23.8 Å². The quantitative estimate of drug-likeness (QED) is 0.113. The van der Waals surface area contributed by atoms with Crippen LogP contribution in [0, 0.1) is 0 Å². The summed E-state index contributed by atoms with van der Waals surface area (Å²) in [4.78, 5) is 39.2. The zero-order chi connectivity index (χ0) is 34.9. The molecule has 0 aliphatic rings.